The van der Waals surface area contributed by atoms with Crippen LogP contribution in [0.15, 0.2) is 0 Å². The Bertz CT molecular complexity index is 108. The molecule has 1 atom stereocenters. The number of nitrogens with one attached hydrogen (secondary N) is 1. The second-order valence-corrected chi connectivity index (χ2v) is 2.70. The molecule has 0 spiro atoms. The van der Waals surface area contributed by atoms with Gasteiger partial charge < -0.3 is 10.1 Å². The smallest absolute Gasteiger partial charge is 0.320 e. The molecule has 12 heavy (non-hydrogen) atoms. The highest BCUT2D eigenvalue weighted by Gasteiger charge is 2.16. The Balaban J connectivity index is 0.00000121. The van der Waals surface area contributed by atoms with E-state index in [1.165, 1.54) is 0 Å². The zero-order valence-electron chi connectivity index (χ0n) is 6.76. The summed E-state index contributed by atoms with van der Waals surface area (Å²) >= 11 is 0. The maximum absolute atomic E-state index is 11.7. The quantitative estimate of drug-likeness (QED) is 0.736. The van der Waals surface area contributed by atoms with E-state index in [9.17, 15) is 8.78 Å². The van der Waals surface area contributed by atoms with Crippen LogP contribution in [0.25, 0.3) is 0 Å². The third-order valence-electron chi connectivity index (χ3n) is 1.82. The van der Waals surface area contributed by atoms with Gasteiger partial charge in [-0.2, -0.15) is 8.78 Å². The van der Waals surface area contributed by atoms with Crippen LogP contribution < -0.4 is 5.32 Å². The molecular weight excluding hydrogens is 188 g/mol. The summed E-state index contributed by atoms with van der Waals surface area (Å²) in [6, 6.07) is 0. The van der Waals surface area contributed by atoms with Crippen molar-refractivity contribution in [2.24, 2.45) is 0 Å². The van der Waals surface area contributed by atoms with Gasteiger partial charge in [-0.3, -0.25) is 0 Å². The molecule has 0 aliphatic carbocycles. The zero-order valence-corrected chi connectivity index (χ0v) is 7.58. The van der Waals surface area contributed by atoms with E-state index in [0.717, 1.165) is 25.9 Å². The van der Waals surface area contributed by atoms with Gasteiger partial charge in [0.15, 0.2) is 0 Å². The second-order valence-electron chi connectivity index (χ2n) is 2.70. The van der Waals surface area contributed by atoms with E-state index in [1.54, 1.807) is 0 Å². The van der Waals surface area contributed by atoms with E-state index < -0.39 is 6.61 Å². The van der Waals surface area contributed by atoms with Gasteiger partial charge >= 0.3 is 6.61 Å². The van der Waals surface area contributed by atoms with E-state index in [4.69, 9.17) is 0 Å². The summed E-state index contributed by atoms with van der Waals surface area (Å²) in [5.74, 6) is 0. The Morgan fingerprint density at radius 1 is 1.25 bits per heavy atom. The highest BCUT2D eigenvalue weighted by Crippen LogP contribution is 2.12. The molecular formula is C7H14ClF2NO. The van der Waals surface area contributed by atoms with Crippen LogP contribution in [-0.4, -0.2) is 25.8 Å². The Labute approximate surface area is 77.1 Å². The number of alkyl halides is 2. The fourth-order valence-electron chi connectivity index (χ4n) is 1.27. The maximum atomic E-state index is 11.7. The summed E-state index contributed by atoms with van der Waals surface area (Å²) in [6.07, 6.45) is 2.13. The number of hydrogen-bond acceptors (Lipinski definition) is 2. The van der Waals surface area contributed by atoms with Crippen LogP contribution in [0.4, 0.5) is 8.78 Å². The van der Waals surface area contributed by atoms with Crippen LogP contribution in [0, 0.1) is 0 Å². The predicted molar refractivity (Wildman–Crippen MR) is 44.8 cm³/mol. The van der Waals surface area contributed by atoms with E-state index in [0.29, 0.717) is 6.42 Å². The first-order valence-electron chi connectivity index (χ1n) is 3.93. The van der Waals surface area contributed by atoms with E-state index in [1.807, 2.05) is 0 Å². The molecule has 1 N–H and O–H groups in total. The lowest BCUT2D eigenvalue weighted by Crippen LogP contribution is -2.19. The van der Waals surface area contributed by atoms with Crippen molar-refractivity contribution < 1.29 is 13.5 Å². The van der Waals surface area contributed by atoms with Crippen LogP contribution in [0.2, 0.25) is 0 Å². The van der Waals surface area contributed by atoms with Crippen molar-refractivity contribution in [2.75, 3.05) is 13.1 Å². The van der Waals surface area contributed by atoms with E-state index in [2.05, 4.69) is 10.1 Å². The van der Waals surface area contributed by atoms with Crippen LogP contribution in [0.3, 0.4) is 0 Å². The van der Waals surface area contributed by atoms with Gasteiger partial charge in [0, 0.05) is 0 Å². The highest BCUT2D eigenvalue weighted by molar-refractivity contribution is 5.85. The minimum Gasteiger partial charge on any atom is -0.320 e. The van der Waals surface area contributed by atoms with Gasteiger partial charge in [-0.1, -0.05) is 0 Å². The van der Waals surface area contributed by atoms with Gasteiger partial charge in [-0.15, -0.1) is 12.4 Å². The monoisotopic (exact) mass is 201 g/mol. The van der Waals surface area contributed by atoms with Gasteiger partial charge in [-0.25, -0.2) is 0 Å². The molecule has 2 nitrogen and oxygen atoms in total. The summed E-state index contributed by atoms with van der Waals surface area (Å²) in [5, 5.41) is 3.13. The molecule has 1 aliphatic rings. The minimum atomic E-state index is -2.61. The van der Waals surface area contributed by atoms with Gasteiger partial charge in [-0.05, 0) is 32.4 Å². The lowest BCUT2D eigenvalue weighted by atomic mass is 10.2. The van der Waals surface area contributed by atoms with Crippen LogP contribution in [-0.2, 0) is 4.74 Å². The molecule has 0 amide bonds. The first kappa shape index (κ1) is 12.1. The summed E-state index contributed by atoms with van der Waals surface area (Å²) in [7, 11) is 0. The Hall–Kier alpha value is 0.0700. The van der Waals surface area contributed by atoms with Gasteiger partial charge in [0.25, 0.3) is 0 Å². The second kappa shape index (κ2) is 6.57. The molecule has 1 fully saturated rings. The van der Waals surface area contributed by atoms with Crippen molar-refractivity contribution in [1.82, 2.24) is 5.32 Å². The first-order chi connectivity index (χ1) is 5.29. The van der Waals surface area contributed by atoms with E-state index >= 15 is 0 Å². The van der Waals surface area contributed by atoms with Gasteiger partial charge in [0.05, 0.1) is 6.10 Å². The zero-order chi connectivity index (χ0) is 8.10. The molecule has 1 unspecified atom stereocenters. The van der Waals surface area contributed by atoms with E-state index in [-0.39, 0.29) is 18.5 Å². The third kappa shape index (κ3) is 4.85. The number of halogens is 3. The molecule has 1 aliphatic heterocycles. The average Bonchev–Trinajstić information content (AvgIpc) is 2.14. The summed E-state index contributed by atoms with van der Waals surface area (Å²) in [6.45, 7) is -0.904. The molecule has 0 saturated carbocycles. The van der Waals surface area contributed by atoms with Crippen LogP contribution in [0.1, 0.15) is 19.3 Å². The minimum absolute atomic E-state index is 0. The van der Waals surface area contributed by atoms with Crippen molar-refractivity contribution >= 4 is 12.4 Å². The third-order valence-corrected chi connectivity index (χ3v) is 1.82. The summed E-state index contributed by atoms with van der Waals surface area (Å²) < 4.78 is 27.8. The molecule has 0 aromatic carbocycles. The fourth-order valence-corrected chi connectivity index (χ4v) is 1.27. The number of hydrogen-bond donors (Lipinski definition) is 1. The van der Waals surface area contributed by atoms with Crippen molar-refractivity contribution in [3.63, 3.8) is 0 Å². The molecule has 0 aromatic heterocycles. The topological polar surface area (TPSA) is 21.3 Å². The first-order valence-corrected chi connectivity index (χ1v) is 3.93. The van der Waals surface area contributed by atoms with Crippen molar-refractivity contribution in [3.05, 3.63) is 0 Å². The maximum Gasteiger partial charge on any atom is 0.345 e. The Morgan fingerprint density at radius 2 is 2.00 bits per heavy atom. The lowest BCUT2D eigenvalue weighted by Gasteiger charge is -2.13. The number of ether oxygens (including phenoxy) is 1. The van der Waals surface area contributed by atoms with Crippen LogP contribution in [0.5, 0.6) is 0 Å². The fraction of sp³-hybridized carbons (Fsp3) is 1.00. The van der Waals surface area contributed by atoms with Crippen molar-refractivity contribution in [3.8, 4) is 0 Å². The number of rotatable bonds is 2. The normalized spacial score (nSPS) is 24.8. The largest absolute Gasteiger partial charge is 0.345 e. The van der Waals surface area contributed by atoms with Crippen LogP contribution >= 0.6 is 12.4 Å². The SMILES string of the molecule is Cl.FC(F)OC1CCCNCC1. The average molecular weight is 202 g/mol. The van der Waals surface area contributed by atoms with Crippen molar-refractivity contribution in [1.29, 1.82) is 0 Å². The molecule has 0 radical (unpaired) electrons. The summed E-state index contributed by atoms with van der Waals surface area (Å²) in [5.41, 5.74) is 0. The summed E-state index contributed by atoms with van der Waals surface area (Å²) in [4.78, 5) is 0. The molecule has 0 aromatic rings. The molecule has 1 rings (SSSR count). The molecule has 0 bridgehead atoms. The molecule has 5 heteroatoms. The Kier molecular flexibility index (Phi) is 6.61. The molecule has 1 saturated heterocycles. The van der Waals surface area contributed by atoms with Crippen molar-refractivity contribution in [2.45, 2.75) is 32.0 Å². The predicted octanol–water partition coefficient (Wildman–Crippen LogP) is 1.79. The molecule has 1 heterocycles. The van der Waals surface area contributed by atoms with Gasteiger partial charge in [0.2, 0.25) is 0 Å². The highest BCUT2D eigenvalue weighted by atomic mass is 35.5. The lowest BCUT2D eigenvalue weighted by molar-refractivity contribution is -0.164. The Morgan fingerprint density at radius 3 is 2.67 bits per heavy atom. The molecule has 74 valence electrons. The van der Waals surface area contributed by atoms with Gasteiger partial charge in [0.1, 0.15) is 0 Å². The standard InChI is InChI=1S/C7H13F2NO.ClH/c8-7(9)11-6-2-1-4-10-5-3-6;/h6-7,10H,1-5H2;1H.